The van der Waals surface area contributed by atoms with Gasteiger partial charge in [-0.15, -0.1) is 0 Å². The maximum absolute atomic E-state index is 3.40. The zero-order chi connectivity index (χ0) is 12.1. The van der Waals surface area contributed by atoms with E-state index in [1.54, 1.807) is 11.3 Å². The van der Waals surface area contributed by atoms with Crippen molar-refractivity contribution in [1.82, 2.24) is 5.32 Å². The first kappa shape index (κ1) is 12.3. The Kier molecular flexibility index (Phi) is 4.35. The highest BCUT2D eigenvalue weighted by Gasteiger charge is 2.09. The van der Waals surface area contributed by atoms with Crippen molar-refractivity contribution in [3.05, 3.63) is 57.8 Å². The van der Waals surface area contributed by atoms with E-state index in [2.05, 4.69) is 53.3 Å². The molecule has 1 unspecified atom stereocenters. The molecule has 1 atom stereocenters. The molecule has 0 saturated heterocycles. The molecule has 1 heterocycles. The highest BCUT2D eigenvalue weighted by Crippen LogP contribution is 2.21. The Labute approximate surface area is 108 Å². The molecule has 0 aliphatic heterocycles. The lowest BCUT2D eigenvalue weighted by Crippen LogP contribution is -2.16. The van der Waals surface area contributed by atoms with E-state index in [1.807, 2.05) is 7.05 Å². The summed E-state index contributed by atoms with van der Waals surface area (Å²) in [4.78, 5) is 0. The van der Waals surface area contributed by atoms with Crippen molar-refractivity contribution in [2.45, 2.75) is 25.8 Å². The minimum atomic E-state index is 0.474. The fourth-order valence-electron chi connectivity index (χ4n) is 2.13. The Morgan fingerprint density at radius 3 is 2.82 bits per heavy atom. The second-order valence-corrected chi connectivity index (χ2v) is 5.21. The number of aryl methyl sites for hydroxylation is 2. The first-order valence-corrected chi connectivity index (χ1v) is 6.99. The van der Waals surface area contributed by atoms with Crippen LogP contribution in [-0.2, 0) is 6.42 Å². The summed E-state index contributed by atoms with van der Waals surface area (Å²) in [5.41, 5.74) is 4.18. The van der Waals surface area contributed by atoms with Gasteiger partial charge in [0.15, 0.2) is 0 Å². The summed E-state index contributed by atoms with van der Waals surface area (Å²) in [7, 11) is 2.04. The van der Waals surface area contributed by atoms with Crippen LogP contribution in [0.3, 0.4) is 0 Å². The molecule has 1 nitrogen and oxygen atoms in total. The van der Waals surface area contributed by atoms with Crippen LogP contribution < -0.4 is 5.32 Å². The molecule has 2 rings (SSSR count). The standard InChI is InChI=1S/C15H19NS/c1-12-4-3-5-13(10-12)6-7-15(16-2)14-8-9-17-11-14/h3-5,8-11,15-16H,6-7H2,1-2H3. The van der Waals surface area contributed by atoms with Crippen molar-refractivity contribution in [3.8, 4) is 0 Å². The first-order valence-electron chi connectivity index (χ1n) is 6.04. The molecule has 0 bridgehead atoms. The van der Waals surface area contributed by atoms with Crippen molar-refractivity contribution in [2.24, 2.45) is 0 Å². The number of hydrogen-bond donors (Lipinski definition) is 1. The van der Waals surface area contributed by atoms with E-state index in [0.717, 1.165) is 12.8 Å². The van der Waals surface area contributed by atoms with E-state index >= 15 is 0 Å². The van der Waals surface area contributed by atoms with Crippen LogP contribution in [0, 0.1) is 6.92 Å². The second-order valence-electron chi connectivity index (χ2n) is 4.43. The molecular weight excluding hydrogens is 226 g/mol. The molecule has 0 aliphatic rings. The molecule has 1 aromatic heterocycles. The van der Waals surface area contributed by atoms with Crippen LogP contribution in [-0.4, -0.2) is 7.05 Å². The predicted octanol–water partition coefficient (Wildman–Crippen LogP) is 3.95. The molecule has 17 heavy (non-hydrogen) atoms. The van der Waals surface area contributed by atoms with Gasteiger partial charge in [-0.1, -0.05) is 29.8 Å². The molecule has 0 radical (unpaired) electrons. The maximum Gasteiger partial charge on any atom is 0.0328 e. The Morgan fingerprint density at radius 1 is 1.29 bits per heavy atom. The summed E-state index contributed by atoms with van der Waals surface area (Å²) in [5, 5.41) is 7.77. The quantitative estimate of drug-likeness (QED) is 0.841. The minimum absolute atomic E-state index is 0.474. The predicted molar refractivity (Wildman–Crippen MR) is 75.6 cm³/mol. The van der Waals surface area contributed by atoms with Crippen LogP contribution >= 0.6 is 11.3 Å². The normalized spacial score (nSPS) is 12.6. The van der Waals surface area contributed by atoms with E-state index in [9.17, 15) is 0 Å². The molecule has 90 valence electrons. The van der Waals surface area contributed by atoms with E-state index in [1.165, 1.54) is 16.7 Å². The third-order valence-corrected chi connectivity index (χ3v) is 3.80. The van der Waals surface area contributed by atoms with Crippen LogP contribution in [0.1, 0.15) is 29.2 Å². The smallest absolute Gasteiger partial charge is 0.0328 e. The third kappa shape index (κ3) is 3.42. The van der Waals surface area contributed by atoms with Gasteiger partial charge < -0.3 is 5.32 Å². The van der Waals surface area contributed by atoms with Gasteiger partial charge in [0.1, 0.15) is 0 Å². The lowest BCUT2D eigenvalue weighted by Gasteiger charge is -2.14. The SMILES string of the molecule is CNC(CCc1cccc(C)c1)c1ccsc1. The fraction of sp³-hybridized carbons (Fsp3) is 0.333. The summed E-state index contributed by atoms with van der Waals surface area (Å²) in [5.74, 6) is 0. The number of benzene rings is 1. The van der Waals surface area contributed by atoms with Gasteiger partial charge in [-0.3, -0.25) is 0 Å². The molecule has 2 aromatic rings. The lowest BCUT2D eigenvalue weighted by atomic mass is 10.0. The van der Waals surface area contributed by atoms with Gasteiger partial charge in [-0.2, -0.15) is 11.3 Å². The molecule has 0 amide bonds. The number of rotatable bonds is 5. The van der Waals surface area contributed by atoms with Gasteiger partial charge in [-0.05, 0) is 54.8 Å². The Hall–Kier alpha value is -1.12. The third-order valence-electron chi connectivity index (χ3n) is 3.10. The summed E-state index contributed by atoms with van der Waals surface area (Å²) in [6.07, 6.45) is 2.28. The molecule has 1 N–H and O–H groups in total. The lowest BCUT2D eigenvalue weighted by molar-refractivity contribution is 0.551. The first-order chi connectivity index (χ1) is 8.29. The molecule has 0 saturated carbocycles. The van der Waals surface area contributed by atoms with E-state index in [4.69, 9.17) is 0 Å². The molecular formula is C15H19NS. The van der Waals surface area contributed by atoms with Crippen molar-refractivity contribution in [3.63, 3.8) is 0 Å². The highest BCUT2D eigenvalue weighted by atomic mass is 32.1. The molecule has 1 aromatic carbocycles. The number of hydrogen-bond acceptors (Lipinski definition) is 2. The van der Waals surface area contributed by atoms with Crippen LogP contribution in [0.25, 0.3) is 0 Å². The van der Waals surface area contributed by atoms with E-state index in [-0.39, 0.29) is 0 Å². The summed E-state index contributed by atoms with van der Waals surface area (Å²) in [6, 6.07) is 11.5. The van der Waals surface area contributed by atoms with E-state index in [0.29, 0.717) is 6.04 Å². The average molecular weight is 245 g/mol. The monoisotopic (exact) mass is 245 g/mol. The van der Waals surface area contributed by atoms with Crippen LogP contribution in [0.5, 0.6) is 0 Å². The molecule has 0 fully saturated rings. The van der Waals surface area contributed by atoms with Gasteiger partial charge in [0, 0.05) is 6.04 Å². The zero-order valence-corrected chi connectivity index (χ0v) is 11.3. The fourth-order valence-corrected chi connectivity index (χ4v) is 2.84. The van der Waals surface area contributed by atoms with Crippen molar-refractivity contribution in [1.29, 1.82) is 0 Å². The highest BCUT2D eigenvalue weighted by molar-refractivity contribution is 7.07. The van der Waals surface area contributed by atoms with Crippen molar-refractivity contribution >= 4 is 11.3 Å². The van der Waals surface area contributed by atoms with Gasteiger partial charge in [0.2, 0.25) is 0 Å². The summed E-state index contributed by atoms with van der Waals surface area (Å²) < 4.78 is 0. The Bertz CT molecular complexity index is 448. The van der Waals surface area contributed by atoms with Gasteiger partial charge in [0.25, 0.3) is 0 Å². The van der Waals surface area contributed by atoms with E-state index < -0.39 is 0 Å². The Morgan fingerprint density at radius 2 is 2.18 bits per heavy atom. The molecule has 0 aliphatic carbocycles. The van der Waals surface area contributed by atoms with Crippen LogP contribution in [0.4, 0.5) is 0 Å². The van der Waals surface area contributed by atoms with Gasteiger partial charge in [-0.25, -0.2) is 0 Å². The zero-order valence-electron chi connectivity index (χ0n) is 10.4. The van der Waals surface area contributed by atoms with Gasteiger partial charge >= 0.3 is 0 Å². The number of nitrogens with one attached hydrogen (secondary N) is 1. The summed E-state index contributed by atoms with van der Waals surface area (Å²) in [6.45, 7) is 2.15. The van der Waals surface area contributed by atoms with Crippen molar-refractivity contribution in [2.75, 3.05) is 7.05 Å². The van der Waals surface area contributed by atoms with Gasteiger partial charge in [0.05, 0.1) is 0 Å². The molecule has 0 spiro atoms. The van der Waals surface area contributed by atoms with Crippen molar-refractivity contribution < 1.29 is 0 Å². The number of thiophene rings is 1. The average Bonchev–Trinajstić information content (AvgIpc) is 2.84. The minimum Gasteiger partial charge on any atom is -0.313 e. The van der Waals surface area contributed by atoms with Crippen LogP contribution in [0.15, 0.2) is 41.1 Å². The Balaban J connectivity index is 1.97. The topological polar surface area (TPSA) is 12.0 Å². The summed E-state index contributed by atoms with van der Waals surface area (Å²) >= 11 is 1.77. The molecule has 2 heteroatoms. The maximum atomic E-state index is 3.40. The second kappa shape index (κ2) is 5.99. The van der Waals surface area contributed by atoms with Crippen LogP contribution in [0.2, 0.25) is 0 Å². The largest absolute Gasteiger partial charge is 0.313 e.